The summed E-state index contributed by atoms with van der Waals surface area (Å²) in [5.74, 6) is 3.46. The Bertz CT molecular complexity index is 3790. The fourth-order valence-corrected chi connectivity index (χ4v) is 10.1. The SMILES string of the molecule is CC(C)(C)c1cc2ncc1-c1ccc(cc1)Oc1ccc(cc1)-c1cccc(-c3ccccc3)c1N1[CH-]N(c3[c-]c(ccc3)Oc3[c-]c4c(cc3)c3cc(-c5ccccc5)ccc3n4-2)c2ccccc21.[Pt]. The molecule has 0 atom stereocenters. The van der Waals surface area contributed by atoms with Gasteiger partial charge in [-0.15, -0.1) is 48.1 Å². The number of rotatable bonds is 2. The van der Waals surface area contributed by atoms with Crippen LogP contribution in [0.5, 0.6) is 23.0 Å². The predicted octanol–water partition coefficient (Wildman–Crippen LogP) is 17.0. The number of hydrogen-bond acceptors (Lipinski definition) is 5. The standard InChI is InChI=1S/C64H45N4O2.Pt/c1-64(2,3)57-39-62-65-40-56(57)45-26-31-49(32-27-45)69-48-29-24-44(25-30-48)53-21-13-20-52(43-16-8-5-9-17-43)63(53)67-41-66(59-22-10-11-23-60(59)67)47-18-12-19-50(37-47)70-51-33-34-54-55-36-46(42-14-6-4-7-15-42)28-35-58(55)68(62)61(54)38-51;/h4-36,39-41H,1-3H3;/q-3;. The smallest absolute Gasteiger partial charge is 0.135 e. The summed E-state index contributed by atoms with van der Waals surface area (Å²) in [6.45, 7) is 8.94. The molecule has 9 aromatic carbocycles. The van der Waals surface area contributed by atoms with Crippen LogP contribution in [0.3, 0.4) is 0 Å². The molecule has 18 rings (SSSR count). The van der Waals surface area contributed by atoms with Gasteiger partial charge in [-0.25, -0.2) is 4.98 Å². The van der Waals surface area contributed by atoms with E-state index in [0.717, 1.165) is 106 Å². The van der Waals surface area contributed by atoms with Crippen LogP contribution in [-0.2, 0) is 26.5 Å². The molecule has 0 saturated heterocycles. The van der Waals surface area contributed by atoms with Gasteiger partial charge in [0, 0.05) is 78.0 Å². The van der Waals surface area contributed by atoms with Gasteiger partial charge in [-0.1, -0.05) is 154 Å². The molecular formula is C64H45N4O2Pt-3. The van der Waals surface area contributed by atoms with E-state index in [0.29, 0.717) is 11.5 Å². The van der Waals surface area contributed by atoms with Gasteiger partial charge in [0.05, 0.1) is 0 Å². The van der Waals surface area contributed by atoms with Crippen molar-refractivity contribution >= 4 is 44.6 Å². The molecule has 0 spiro atoms. The normalized spacial score (nSPS) is 12.7. The Hall–Kier alpha value is -8.18. The minimum Gasteiger partial charge on any atom is -0.509 e. The van der Waals surface area contributed by atoms with Crippen LogP contribution in [0.2, 0.25) is 0 Å². The first-order chi connectivity index (χ1) is 34.3. The third-order valence-corrected chi connectivity index (χ3v) is 13.5. The van der Waals surface area contributed by atoms with Crippen LogP contribution in [0.4, 0.5) is 22.7 Å². The Labute approximate surface area is 428 Å². The molecule has 7 aliphatic heterocycles. The maximum Gasteiger partial charge on any atom is 0.135 e. The molecule has 7 heteroatoms. The molecule has 7 aliphatic rings. The van der Waals surface area contributed by atoms with Crippen molar-refractivity contribution in [3.05, 3.63) is 237 Å². The largest absolute Gasteiger partial charge is 0.509 e. The van der Waals surface area contributed by atoms with Crippen molar-refractivity contribution < 1.29 is 30.5 Å². The molecule has 0 radical (unpaired) electrons. The van der Waals surface area contributed by atoms with Gasteiger partial charge < -0.3 is 23.8 Å². The van der Waals surface area contributed by atoms with E-state index >= 15 is 0 Å². The number of benzene rings is 9. The molecule has 0 N–H and O–H groups in total. The zero-order chi connectivity index (χ0) is 46.9. The molecule has 0 aliphatic carbocycles. The fourth-order valence-electron chi connectivity index (χ4n) is 10.1. The Kier molecular flexibility index (Phi) is 11.0. The second-order valence-corrected chi connectivity index (χ2v) is 18.9. The van der Waals surface area contributed by atoms with Gasteiger partial charge in [0.1, 0.15) is 17.3 Å². The maximum absolute atomic E-state index is 6.78. The third kappa shape index (κ3) is 7.85. The quantitative estimate of drug-likeness (QED) is 0.161. The average molecular weight is 1100 g/mol. The van der Waals surface area contributed by atoms with Crippen LogP contribution in [0.15, 0.2) is 212 Å². The van der Waals surface area contributed by atoms with E-state index in [9.17, 15) is 0 Å². The number of nitrogens with zero attached hydrogens (tertiary/aromatic N) is 4. The van der Waals surface area contributed by atoms with Crippen molar-refractivity contribution in [1.82, 2.24) is 9.55 Å². The zero-order valence-corrected chi connectivity index (χ0v) is 41.5. The van der Waals surface area contributed by atoms with Crippen LogP contribution in [0, 0.1) is 18.8 Å². The van der Waals surface area contributed by atoms with Crippen molar-refractivity contribution in [3.8, 4) is 73.3 Å². The van der Waals surface area contributed by atoms with Gasteiger partial charge in [0.25, 0.3) is 0 Å². The summed E-state index contributed by atoms with van der Waals surface area (Å²) >= 11 is 0. The molecule has 6 nitrogen and oxygen atoms in total. The van der Waals surface area contributed by atoms with Crippen LogP contribution in [0.25, 0.3) is 72.1 Å². The number of para-hydroxylation sites is 3. The monoisotopic (exact) mass is 1100 g/mol. The number of ether oxygens (including phenoxy) is 2. The Morgan fingerprint density at radius 3 is 1.76 bits per heavy atom. The summed E-state index contributed by atoms with van der Waals surface area (Å²) < 4.78 is 15.5. The van der Waals surface area contributed by atoms with E-state index in [1.54, 1.807) is 0 Å². The first-order valence-electron chi connectivity index (χ1n) is 23.7. The summed E-state index contributed by atoms with van der Waals surface area (Å²) in [4.78, 5) is 9.74. The van der Waals surface area contributed by atoms with Crippen LogP contribution in [-0.4, -0.2) is 9.55 Å². The van der Waals surface area contributed by atoms with Crippen LogP contribution in [0.1, 0.15) is 26.3 Å². The summed E-state index contributed by atoms with van der Waals surface area (Å²) in [7, 11) is 0. The van der Waals surface area contributed by atoms with Crippen molar-refractivity contribution in [2.24, 2.45) is 0 Å². The van der Waals surface area contributed by atoms with Gasteiger partial charge in [0.15, 0.2) is 0 Å². The Balaban J connectivity index is 0.00000517. The molecule has 11 aromatic rings. The number of fused-ring (bicyclic) bond motifs is 3. The molecule has 0 amide bonds. The van der Waals surface area contributed by atoms with Crippen LogP contribution < -0.4 is 19.3 Å². The van der Waals surface area contributed by atoms with Gasteiger partial charge in [-0.3, -0.25) is 0 Å². The van der Waals surface area contributed by atoms with Crippen molar-refractivity contribution in [1.29, 1.82) is 0 Å². The number of pyridine rings is 1. The summed E-state index contributed by atoms with van der Waals surface area (Å²) in [6.07, 6.45) is 2.01. The second kappa shape index (κ2) is 17.7. The van der Waals surface area contributed by atoms with Gasteiger partial charge in [0.2, 0.25) is 0 Å². The molecule has 12 bridgehead atoms. The predicted molar refractivity (Wildman–Crippen MR) is 285 cm³/mol. The molecular weight excluding hydrogens is 1050 g/mol. The zero-order valence-electron chi connectivity index (χ0n) is 39.2. The second-order valence-electron chi connectivity index (χ2n) is 18.9. The number of hydrogen-bond donors (Lipinski definition) is 0. The Morgan fingerprint density at radius 1 is 0.479 bits per heavy atom. The molecule has 0 unspecified atom stereocenters. The van der Waals surface area contributed by atoms with E-state index < -0.39 is 0 Å². The Morgan fingerprint density at radius 2 is 1.07 bits per heavy atom. The first-order valence-corrected chi connectivity index (χ1v) is 23.7. The van der Waals surface area contributed by atoms with E-state index in [1.165, 1.54) is 5.56 Å². The molecule has 9 heterocycles. The van der Waals surface area contributed by atoms with E-state index in [-0.39, 0.29) is 26.5 Å². The minimum absolute atomic E-state index is 0. The molecule has 0 saturated carbocycles. The fraction of sp³-hybridized carbons (Fsp3) is 0.0625. The summed E-state index contributed by atoms with van der Waals surface area (Å²) in [5.41, 5.74) is 15.7. The average Bonchev–Trinajstić information content (AvgIpc) is 3.94. The topological polar surface area (TPSA) is 42.8 Å². The van der Waals surface area contributed by atoms with E-state index in [1.807, 2.05) is 36.5 Å². The van der Waals surface area contributed by atoms with Crippen molar-refractivity contribution in [3.63, 3.8) is 0 Å². The maximum atomic E-state index is 6.78. The minimum atomic E-state index is -0.213. The van der Waals surface area contributed by atoms with Gasteiger partial charge in [-0.2, -0.15) is 12.1 Å². The van der Waals surface area contributed by atoms with Gasteiger partial charge >= 0.3 is 0 Å². The van der Waals surface area contributed by atoms with E-state index in [4.69, 9.17) is 14.5 Å². The van der Waals surface area contributed by atoms with Crippen molar-refractivity contribution in [2.45, 2.75) is 26.2 Å². The van der Waals surface area contributed by atoms with Gasteiger partial charge in [-0.05, 0) is 92.7 Å². The third-order valence-electron chi connectivity index (χ3n) is 13.5. The molecule has 346 valence electrons. The first kappa shape index (κ1) is 44.1. The molecule has 0 fully saturated rings. The summed E-state index contributed by atoms with van der Waals surface area (Å²) in [6, 6.07) is 79.4. The van der Waals surface area contributed by atoms with Crippen LogP contribution >= 0.6 is 0 Å². The van der Waals surface area contributed by atoms with E-state index in [2.05, 4.69) is 230 Å². The number of aromatic nitrogens is 2. The molecule has 71 heavy (non-hydrogen) atoms. The van der Waals surface area contributed by atoms with Crippen molar-refractivity contribution in [2.75, 3.05) is 9.80 Å². The summed E-state index contributed by atoms with van der Waals surface area (Å²) in [5, 5.41) is 2.16. The number of anilines is 4. The molecule has 2 aromatic heterocycles.